The van der Waals surface area contributed by atoms with Crippen LogP contribution in [-0.2, 0) is 11.2 Å². The second-order valence-corrected chi connectivity index (χ2v) is 7.12. The molecule has 0 spiro atoms. The summed E-state index contributed by atoms with van der Waals surface area (Å²) in [5.41, 5.74) is 1.10. The molecule has 0 atom stereocenters. The van der Waals surface area contributed by atoms with Crippen LogP contribution in [0.2, 0.25) is 0 Å². The van der Waals surface area contributed by atoms with Crippen LogP contribution in [0.4, 0.5) is 10.2 Å². The molecule has 1 saturated carbocycles. The highest BCUT2D eigenvalue weighted by molar-refractivity contribution is 6.03. The molecule has 3 heterocycles. The summed E-state index contributed by atoms with van der Waals surface area (Å²) in [6.45, 7) is 0. The zero-order valence-corrected chi connectivity index (χ0v) is 15.7. The number of rotatable bonds is 5. The molecule has 8 nitrogen and oxygen atoms in total. The Labute approximate surface area is 169 Å². The second-order valence-electron chi connectivity index (χ2n) is 7.12. The molecule has 1 aliphatic rings. The van der Waals surface area contributed by atoms with Crippen LogP contribution in [0, 0.1) is 11.7 Å². The lowest BCUT2D eigenvalue weighted by molar-refractivity contribution is -0.117. The van der Waals surface area contributed by atoms with Gasteiger partial charge in [0.15, 0.2) is 11.4 Å². The number of hydrogen-bond acceptors (Lipinski definition) is 7. The van der Waals surface area contributed by atoms with Gasteiger partial charge in [0.05, 0.1) is 6.42 Å². The molecule has 9 heteroatoms. The maximum atomic E-state index is 13.1. The van der Waals surface area contributed by atoms with Gasteiger partial charge in [-0.25, -0.2) is 9.37 Å². The molecule has 5 rings (SSSR count). The van der Waals surface area contributed by atoms with Crippen molar-refractivity contribution in [3.05, 3.63) is 59.9 Å². The van der Waals surface area contributed by atoms with Crippen molar-refractivity contribution in [2.24, 2.45) is 5.92 Å². The Hall–Kier alpha value is -3.88. The lowest BCUT2D eigenvalue weighted by Gasteiger charge is -2.10. The van der Waals surface area contributed by atoms with E-state index in [1.54, 1.807) is 24.3 Å². The fourth-order valence-electron chi connectivity index (χ4n) is 3.13. The van der Waals surface area contributed by atoms with E-state index in [9.17, 15) is 14.3 Å². The summed E-state index contributed by atoms with van der Waals surface area (Å²) in [7, 11) is 0. The minimum atomic E-state index is -0.330. The van der Waals surface area contributed by atoms with E-state index in [-0.39, 0.29) is 52.2 Å². The highest BCUT2D eigenvalue weighted by Gasteiger charge is 2.31. The van der Waals surface area contributed by atoms with E-state index >= 15 is 0 Å². The highest BCUT2D eigenvalue weighted by atomic mass is 19.1. The molecule has 30 heavy (non-hydrogen) atoms. The standard InChI is InChI=1S/C21H16FN5O3/c22-13-7-3-11(4-8-13)10-15-26-27-21(30-15)17-18(28)16-14(2-1-9-23-16)19(24-17)25-20(29)12-5-6-12/h1-4,7-9,12,28H,5-6,10H2,(H,24,25,29). The van der Waals surface area contributed by atoms with Gasteiger partial charge in [-0.2, -0.15) is 0 Å². The first-order chi connectivity index (χ1) is 14.6. The van der Waals surface area contributed by atoms with Crippen molar-refractivity contribution in [2.45, 2.75) is 19.3 Å². The van der Waals surface area contributed by atoms with E-state index in [1.165, 1.54) is 18.3 Å². The normalized spacial score (nSPS) is 13.5. The smallest absolute Gasteiger partial charge is 0.270 e. The number of amides is 1. The predicted molar refractivity (Wildman–Crippen MR) is 105 cm³/mol. The monoisotopic (exact) mass is 405 g/mol. The summed E-state index contributed by atoms with van der Waals surface area (Å²) < 4.78 is 18.8. The lowest BCUT2D eigenvalue weighted by Crippen LogP contribution is -2.15. The number of benzene rings is 1. The van der Waals surface area contributed by atoms with Crippen LogP contribution < -0.4 is 5.32 Å². The van der Waals surface area contributed by atoms with Gasteiger partial charge >= 0.3 is 0 Å². The van der Waals surface area contributed by atoms with Gasteiger partial charge in [-0.15, -0.1) is 10.2 Å². The second kappa shape index (κ2) is 7.18. The zero-order valence-electron chi connectivity index (χ0n) is 15.7. The third kappa shape index (κ3) is 3.45. The summed E-state index contributed by atoms with van der Waals surface area (Å²) in [5.74, 6) is -0.119. The Balaban J connectivity index is 1.52. The number of carbonyl (C=O) groups excluding carboxylic acids is 1. The maximum Gasteiger partial charge on any atom is 0.270 e. The first kappa shape index (κ1) is 18.2. The molecule has 0 saturated heterocycles. The summed E-state index contributed by atoms with van der Waals surface area (Å²) in [4.78, 5) is 20.9. The molecule has 1 aromatic carbocycles. The number of aromatic hydroxyl groups is 1. The van der Waals surface area contributed by atoms with Crippen molar-refractivity contribution >= 4 is 22.6 Å². The van der Waals surface area contributed by atoms with Crippen molar-refractivity contribution in [3.8, 4) is 17.3 Å². The molecule has 4 aromatic rings. The molecule has 1 fully saturated rings. The quantitative estimate of drug-likeness (QED) is 0.523. The molecule has 0 aliphatic heterocycles. The number of fused-ring (bicyclic) bond motifs is 1. The fraction of sp³-hybridized carbons (Fsp3) is 0.190. The van der Waals surface area contributed by atoms with Crippen molar-refractivity contribution in [3.63, 3.8) is 0 Å². The molecule has 0 unspecified atom stereocenters. The zero-order chi connectivity index (χ0) is 20.7. The maximum absolute atomic E-state index is 13.1. The number of nitrogens with zero attached hydrogens (tertiary/aromatic N) is 4. The van der Waals surface area contributed by atoms with Crippen LogP contribution in [0.1, 0.15) is 24.3 Å². The largest absolute Gasteiger partial charge is 0.504 e. The van der Waals surface area contributed by atoms with Crippen LogP contribution in [0.3, 0.4) is 0 Å². The van der Waals surface area contributed by atoms with Gasteiger partial charge in [0.25, 0.3) is 5.89 Å². The van der Waals surface area contributed by atoms with E-state index in [1.807, 2.05) is 0 Å². The number of carbonyl (C=O) groups is 1. The Morgan fingerprint density at radius 3 is 2.77 bits per heavy atom. The molecule has 0 radical (unpaired) electrons. The summed E-state index contributed by atoms with van der Waals surface area (Å²) in [6.07, 6.45) is 3.53. The van der Waals surface area contributed by atoms with E-state index in [2.05, 4.69) is 25.5 Å². The van der Waals surface area contributed by atoms with Gasteiger partial charge in [-0.05, 0) is 42.7 Å². The lowest BCUT2D eigenvalue weighted by atomic mass is 10.1. The van der Waals surface area contributed by atoms with Crippen LogP contribution in [0.15, 0.2) is 47.0 Å². The van der Waals surface area contributed by atoms with Crippen LogP contribution in [0.5, 0.6) is 5.75 Å². The number of aromatic nitrogens is 4. The highest BCUT2D eigenvalue weighted by Crippen LogP contribution is 2.37. The molecule has 3 aromatic heterocycles. The molecule has 150 valence electrons. The van der Waals surface area contributed by atoms with Crippen molar-refractivity contribution < 1.29 is 18.7 Å². The number of hydrogen-bond donors (Lipinski definition) is 2. The predicted octanol–water partition coefficient (Wildman–Crippen LogP) is 3.46. The summed E-state index contributed by atoms with van der Waals surface area (Å²) in [5, 5.41) is 22.0. The number of pyridine rings is 2. The molecular weight excluding hydrogens is 389 g/mol. The summed E-state index contributed by atoms with van der Waals surface area (Å²) >= 11 is 0. The van der Waals surface area contributed by atoms with Crippen LogP contribution >= 0.6 is 0 Å². The van der Waals surface area contributed by atoms with E-state index < -0.39 is 0 Å². The molecule has 1 amide bonds. The minimum absolute atomic E-state index is 0.000847. The van der Waals surface area contributed by atoms with Crippen molar-refractivity contribution in [2.75, 3.05) is 5.32 Å². The van der Waals surface area contributed by atoms with Crippen LogP contribution in [-0.4, -0.2) is 31.2 Å². The summed E-state index contributed by atoms with van der Waals surface area (Å²) in [6, 6.07) is 9.37. The average Bonchev–Trinajstić information content (AvgIpc) is 3.51. The van der Waals surface area contributed by atoms with Gasteiger partial charge in [-0.3, -0.25) is 9.78 Å². The number of anilines is 1. The van der Waals surface area contributed by atoms with Crippen molar-refractivity contribution in [1.29, 1.82) is 0 Å². The number of halogens is 1. The van der Waals surface area contributed by atoms with Crippen molar-refractivity contribution in [1.82, 2.24) is 20.2 Å². The topological polar surface area (TPSA) is 114 Å². The third-order valence-electron chi connectivity index (χ3n) is 4.86. The van der Waals surface area contributed by atoms with E-state index in [0.717, 1.165) is 18.4 Å². The Kier molecular flexibility index (Phi) is 4.35. The first-order valence-electron chi connectivity index (χ1n) is 9.44. The Bertz CT molecular complexity index is 1250. The van der Waals surface area contributed by atoms with Crippen LogP contribution in [0.25, 0.3) is 22.5 Å². The van der Waals surface area contributed by atoms with E-state index in [0.29, 0.717) is 11.8 Å². The Morgan fingerprint density at radius 2 is 2.00 bits per heavy atom. The van der Waals surface area contributed by atoms with Gasteiger partial charge < -0.3 is 14.8 Å². The molecule has 1 aliphatic carbocycles. The molecule has 2 N–H and O–H groups in total. The van der Waals surface area contributed by atoms with E-state index in [4.69, 9.17) is 4.42 Å². The first-order valence-corrected chi connectivity index (χ1v) is 9.44. The third-order valence-corrected chi connectivity index (χ3v) is 4.86. The SMILES string of the molecule is O=C(Nc1nc(-c2nnc(Cc3ccc(F)cc3)o2)c(O)c2ncccc12)C1CC1. The molecular formula is C21H16FN5O3. The van der Waals surface area contributed by atoms with Gasteiger partial charge in [0, 0.05) is 17.5 Å². The Morgan fingerprint density at radius 1 is 1.20 bits per heavy atom. The van der Waals surface area contributed by atoms with Gasteiger partial charge in [0.2, 0.25) is 11.8 Å². The van der Waals surface area contributed by atoms with Gasteiger partial charge in [-0.1, -0.05) is 12.1 Å². The minimum Gasteiger partial charge on any atom is -0.504 e. The average molecular weight is 405 g/mol. The number of nitrogens with one attached hydrogen (secondary N) is 1. The fourth-order valence-corrected chi connectivity index (χ4v) is 3.13. The molecule has 0 bridgehead atoms. The van der Waals surface area contributed by atoms with Gasteiger partial charge in [0.1, 0.15) is 17.2 Å².